The summed E-state index contributed by atoms with van der Waals surface area (Å²) in [5.41, 5.74) is 1.01. The zero-order valence-electron chi connectivity index (χ0n) is 15.1. The Labute approximate surface area is 153 Å². The van der Waals surface area contributed by atoms with Crippen LogP contribution >= 0.6 is 0 Å². The zero-order chi connectivity index (χ0) is 18.4. The third-order valence-electron chi connectivity index (χ3n) is 4.48. The molecule has 1 heterocycles. The highest BCUT2D eigenvalue weighted by atomic mass is 16.5. The predicted molar refractivity (Wildman–Crippen MR) is 99.2 cm³/mol. The van der Waals surface area contributed by atoms with Crippen LogP contribution in [0.5, 0.6) is 11.5 Å². The molecule has 7 heteroatoms. The van der Waals surface area contributed by atoms with Crippen LogP contribution in [0, 0.1) is 0 Å². The normalized spacial score (nSPS) is 14.5. The van der Waals surface area contributed by atoms with Gasteiger partial charge in [-0.1, -0.05) is 19.3 Å². The SMILES string of the molecule is COc1ccc(OC)c(Nc2nccc(C(=O)NC3CCCCC3)n2)c1. The van der Waals surface area contributed by atoms with E-state index in [9.17, 15) is 4.79 Å². The molecule has 3 rings (SSSR count). The molecule has 1 aliphatic carbocycles. The number of anilines is 2. The van der Waals surface area contributed by atoms with Gasteiger partial charge in [0.1, 0.15) is 17.2 Å². The monoisotopic (exact) mass is 356 g/mol. The summed E-state index contributed by atoms with van der Waals surface area (Å²) < 4.78 is 10.6. The first-order chi connectivity index (χ1) is 12.7. The molecule has 1 amide bonds. The summed E-state index contributed by atoms with van der Waals surface area (Å²) in [6.07, 6.45) is 7.20. The number of hydrogen-bond acceptors (Lipinski definition) is 6. The molecule has 0 saturated heterocycles. The van der Waals surface area contributed by atoms with Gasteiger partial charge < -0.3 is 20.1 Å². The number of carbonyl (C=O) groups is 1. The van der Waals surface area contributed by atoms with Crippen molar-refractivity contribution < 1.29 is 14.3 Å². The summed E-state index contributed by atoms with van der Waals surface area (Å²) in [6, 6.07) is 7.24. The molecule has 0 aliphatic heterocycles. The highest BCUT2D eigenvalue weighted by Crippen LogP contribution is 2.30. The lowest BCUT2D eigenvalue weighted by molar-refractivity contribution is 0.0922. The Bertz CT molecular complexity index is 760. The minimum atomic E-state index is -0.167. The summed E-state index contributed by atoms with van der Waals surface area (Å²) in [5.74, 6) is 1.47. The molecule has 0 bridgehead atoms. The number of hydrogen-bond donors (Lipinski definition) is 2. The van der Waals surface area contributed by atoms with Crippen LogP contribution in [-0.4, -0.2) is 36.1 Å². The third-order valence-corrected chi connectivity index (χ3v) is 4.48. The van der Waals surface area contributed by atoms with E-state index < -0.39 is 0 Å². The highest BCUT2D eigenvalue weighted by molar-refractivity contribution is 5.92. The molecule has 1 saturated carbocycles. The number of benzene rings is 1. The van der Waals surface area contributed by atoms with Crippen LogP contribution in [0.1, 0.15) is 42.6 Å². The fraction of sp³-hybridized carbons (Fsp3) is 0.421. The number of nitrogens with zero attached hydrogens (tertiary/aromatic N) is 2. The van der Waals surface area contributed by atoms with E-state index in [0.29, 0.717) is 28.8 Å². The zero-order valence-corrected chi connectivity index (χ0v) is 15.1. The van der Waals surface area contributed by atoms with Crippen LogP contribution in [0.4, 0.5) is 11.6 Å². The molecule has 0 atom stereocenters. The van der Waals surface area contributed by atoms with E-state index in [1.807, 2.05) is 0 Å². The van der Waals surface area contributed by atoms with Crippen LogP contribution in [0.3, 0.4) is 0 Å². The van der Waals surface area contributed by atoms with Crippen molar-refractivity contribution in [2.24, 2.45) is 0 Å². The number of methoxy groups -OCH3 is 2. The van der Waals surface area contributed by atoms with Gasteiger partial charge in [0.25, 0.3) is 5.91 Å². The molecule has 2 N–H and O–H groups in total. The Balaban J connectivity index is 1.74. The molecule has 0 radical (unpaired) electrons. The minimum absolute atomic E-state index is 0.167. The lowest BCUT2D eigenvalue weighted by Gasteiger charge is -2.22. The third kappa shape index (κ3) is 4.41. The second-order valence-electron chi connectivity index (χ2n) is 6.27. The molecule has 1 aliphatic rings. The molecular weight excluding hydrogens is 332 g/mol. The van der Waals surface area contributed by atoms with Gasteiger partial charge in [0.15, 0.2) is 0 Å². The first-order valence-corrected chi connectivity index (χ1v) is 8.82. The standard InChI is InChI=1S/C19H24N4O3/c1-25-14-8-9-17(26-2)16(12-14)23-19-20-11-10-15(22-19)18(24)21-13-6-4-3-5-7-13/h8-13H,3-7H2,1-2H3,(H,21,24)(H,20,22,23). The Kier molecular flexibility index (Phi) is 5.88. The number of ether oxygens (including phenoxy) is 2. The summed E-state index contributed by atoms with van der Waals surface area (Å²) in [5, 5.41) is 6.16. The van der Waals surface area contributed by atoms with Crippen molar-refractivity contribution in [1.82, 2.24) is 15.3 Å². The van der Waals surface area contributed by atoms with Crippen molar-refractivity contribution in [2.45, 2.75) is 38.1 Å². The molecule has 7 nitrogen and oxygen atoms in total. The quantitative estimate of drug-likeness (QED) is 0.826. The van der Waals surface area contributed by atoms with E-state index in [1.165, 1.54) is 6.42 Å². The average molecular weight is 356 g/mol. The molecule has 1 fully saturated rings. The molecule has 2 aromatic rings. The van der Waals surface area contributed by atoms with Gasteiger partial charge in [-0.3, -0.25) is 4.79 Å². The van der Waals surface area contributed by atoms with Crippen LogP contribution in [0.2, 0.25) is 0 Å². The van der Waals surface area contributed by atoms with Crippen LogP contribution in [-0.2, 0) is 0 Å². The molecule has 0 unspecified atom stereocenters. The first kappa shape index (κ1) is 18.0. The Hall–Kier alpha value is -2.83. The fourth-order valence-corrected chi connectivity index (χ4v) is 3.08. The second kappa shape index (κ2) is 8.51. The number of amides is 1. The van der Waals surface area contributed by atoms with Gasteiger partial charge >= 0.3 is 0 Å². The number of aromatic nitrogens is 2. The van der Waals surface area contributed by atoms with Crippen molar-refractivity contribution in [3.05, 3.63) is 36.2 Å². The summed E-state index contributed by atoms with van der Waals surface area (Å²) in [7, 11) is 3.18. The summed E-state index contributed by atoms with van der Waals surface area (Å²) in [4.78, 5) is 21.0. The van der Waals surface area contributed by atoms with E-state index >= 15 is 0 Å². The average Bonchev–Trinajstić information content (AvgIpc) is 2.69. The molecule has 26 heavy (non-hydrogen) atoms. The molecule has 1 aromatic heterocycles. The van der Waals surface area contributed by atoms with Crippen LogP contribution < -0.4 is 20.1 Å². The van der Waals surface area contributed by atoms with Crippen molar-refractivity contribution in [3.63, 3.8) is 0 Å². The second-order valence-corrected chi connectivity index (χ2v) is 6.27. The van der Waals surface area contributed by atoms with Crippen LogP contribution in [0.15, 0.2) is 30.5 Å². The van der Waals surface area contributed by atoms with E-state index in [1.54, 1.807) is 44.7 Å². The lowest BCUT2D eigenvalue weighted by atomic mass is 9.95. The van der Waals surface area contributed by atoms with Gasteiger partial charge in [0.05, 0.1) is 19.9 Å². The van der Waals surface area contributed by atoms with Gasteiger partial charge in [0, 0.05) is 18.3 Å². The Morgan fingerprint density at radius 2 is 1.92 bits per heavy atom. The number of nitrogens with one attached hydrogen (secondary N) is 2. The highest BCUT2D eigenvalue weighted by Gasteiger charge is 2.18. The maximum atomic E-state index is 12.5. The summed E-state index contributed by atoms with van der Waals surface area (Å²) in [6.45, 7) is 0. The summed E-state index contributed by atoms with van der Waals surface area (Å²) >= 11 is 0. The van der Waals surface area contributed by atoms with E-state index in [-0.39, 0.29) is 11.9 Å². The lowest BCUT2D eigenvalue weighted by Crippen LogP contribution is -2.36. The molecular formula is C19H24N4O3. The van der Waals surface area contributed by atoms with Gasteiger partial charge in [-0.25, -0.2) is 9.97 Å². The van der Waals surface area contributed by atoms with Gasteiger partial charge in [-0.2, -0.15) is 0 Å². The molecule has 1 aromatic carbocycles. The number of carbonyl (C=O) groups excluding carboxylic acids is 1. The van der Waals surface area contributed by atoms with Crippen molar-refractivity contribution in [1.29, 1.82) is 0 Å². The van der Waals surface area contributed by atoms with Crippen molar-refractivity contribution in [3.8, 4) is 11.5 Å². The molecule has 138 valence electrons. The Morgan fingerprint density at radius 3 is 2.65 bits per heavy atom. The maximum absolute atomic E-state index is 12.5. The largest absolute Gasteiger partial charge is 0.497 e. The number of rotatable bonds is 6. The van der Waals surface area contributed by atoms with E-state index in [2.05, 4.69) is 20.6 Å². The van der Waals surface area contributed by atoms with Gasteiger partial charge in [-0.05, 0) is 31.0 Å². The van der Waals surface area contributed by atoms with Gasteiger partial charge in [-0.15, -0.1) is 0 Å². The fourth-order valence-electron chi connectivity index (χ4n) is 3.08. The first-order valence-electron chi connectivity index (χ1n) is 8.82. The van der Waals surface area contributed by atoms with E-state index in [0.717, 1.165) is 25.7 Å². The topological polar surface area (TPSA) is 85.4 Å². The van der Waals surface area contributed by atoms with Crippen LogP contribution in [0.25, 0.3) is 0 Å². The van der Waals surface area contributed by atoms with Gasteiger partial charge in [0.2, 0.25) is 5.95 Å². The minimum Gasteiger partial charge on any atom is -0.497 e. The Morgan fingerprint density at radius 1 is 1.12 bits per heavy atom. The molecule has 0 spiro atoms. The smallest absolute Gasteiger partial charge is 0.270 e. The predicted octanol–water partition coefficient (Wildman–Crippen LogP) is 3.30. The maximum Gasteiger partial charge on any atom is 0.270 e. The van der Waals surface area contributed by atoms with Crippen molar-refractivity contribution in [2.75, 3.05) is 19.5 Å². The van der Waals surface area contributed by atoms with Crippen molar-refractivity contribution >= 4 is 17.5 Å². The van der Waals surface area contributed by atoms with E-state index in [4.69, 9.17) is 9.47 Å².